The largest absolute Gasteiger partial charge is 0.223 e. The smallest absolute Gasteiger partial charge is 0.223 e. The molecular weight excluding hydrogens is 252 g/mol. The summed E-state index contributed by atoms with van der Waals surface area (Å²) in [7, 11) is 0. The first-order chi connectivity index (χ1) is 7.13. The number of nitrogens with zero attached hydrogens (tertiary/aromatic N) is 4. The second kappa shape index (κ2) is 4.42. The Labute approximate surface area is 100 Å². The SMILES string of the molecule is Cc1cc(Sc2nnc(C)s2)nc(Cl)n1. The Kier molecular flexibility index (Phi) is 3.18. The Bertz CT molecular complexity index is 465. The van der Waals surface area contributed by atoms with Crippen LogP contribution in [0.5, 0.6) is 0 Å². The number of aryl methyl sites for hydroxylation is 2. The van der Waals surface area contributed by atoms with Gasteiger partial charge in [0.2, 0.25) is 5.28 Å². The molecule has 0 saturated carbocycles. The fourth-order valence-corrected chi connectivity index (χ4v) is 3.06. The van der Waals surface area contributed by atoms with Gasteiger partial charge >= 0.3 is 0 Å². The third kappa shape index (κ3) is 2.87. The van der Waals surface area contributed by atoms with Crippen molar-refractivity contribution < 1.29 is 0 Å². The summed E-state index contributed by atoms with van der Waals surface area (Å²) in [5.74, 6) is 0. The van der Waals surface area contributed by atoms with Crippen LogP contribution in [0.2, 0.25) is 5.28 Å². The first-order valence-electron chi connectivity index (χ1n) is 4.12. The van der Waals surface area contributed by atoms with Crippen molar-refractivity contribution in [2.75, 3.05) is 0 Å². The summed E-state index contributed by atoms with van der Waals surface area (Å²) in [6.07, 6.45) is 0. The van der Waals surface area contributed by atoms with Crippen LogP contribution < -0.4 is 0 Å². The van der Waals surface area contributed by atoms with Crippen LogP contribution >= 0.6 is 34.7 Å². The van der Waals surface area contributed by atoms with Crippen molar-refractivity contribution in [1.82, 2.24) is 20.2 Å². The molecule has 0 spiro atoms. The Hall–Kier alpha value is -0.720. The molecule has 78 valence electrons. The van der Waals surface area contributed by atoms with Gasteiger partial charge in [-0.15, -0.1) is 10.2 Å². The van der Waals surface area contributed by atoms with Crippen LogP contribution in [0.15, 0.2) is 15.4 Å². The number of aromatic nitrogens is 4. The molecule has 0 amide bonds. The maximum Gasteiger partial charge on any atom is 0.223 e. The number of halogens is 1. The summed E-state index contributed by atoms with van der Waals surface area (Å²) < 4.78 is 0.863. The van der Waals surface area contributed by atoms with Gasteiger partial charge in [0.15, 0.2) is 4.34 Å². The summed E-state index contributed by atoms with van der Waals surface area (Å²) in [6, 6.07) is 1.87. The highest BCUT2D eigenvalue weighted by Gasteiger charge is 2.06. The van der Waals surface area contributed by atoms with Gasteiger partial charge in [0.25, 0.3) is 0 Å². The molecule has 4 nitrogen and oxygen atoms in total. The highest BCUT2D eigenvalue weighted by Crippen LogP contribution is 2.29. The topological polar surface area (TPSA) is 51.6 Å². The van der Waals surface area contributed by atoms with E-state index in [0.717, 1.165) is 20.1 Å². The minimum Gasteiger partial charge on any atom is -0.223 e. The molecule has 0 aliphatic heterocycles. The lowest BCUT2D eigenvalue weighted by atomic mass is 10.5. The van der Waals surface area contributed by atoms with Gasteiger partial charge in [-0.3, -0.25) is 0 Å². The van der Waals surface area contributed by atoms with Gasteiger partial charge in [-0.2, -0.15) is 0 Å². The fraction of sp³-hybridized carbons (Fsp3) is 0.250. The van der Waals surface area contributed by atoms with Gasteiger partial charge < -0.3 is 0 Å². The molecule has 0 radical (unpaired) electrons. The second-order valence-electron chi connectivity index (χ2n) is 2.81. The van der Waals surface area contributed by atoms with Crippen molar-refractivity contribution in [1.29, 1.82) is 0 Å². The first kappa shape index (κ1) is 10.8. The molecule has 0 N–H and O–H groups in total. The van der Waals surface area contributed by atoms with E-state index in [2.05, 4.69) is 20.2 Å². The van der Waals surface area contributed by atoms with Gasteiger partial charge in [0.1, 0.15) is 10.0 Å². The van der Waals surface area contributed by atoms with Crippen molar-refractivity contribution in [3.8, 4) is 0 Å². The molecule has 0 unspecified atom stereocenters. The van der Waals surface area contributed by atoms with E-state index in [1.54, 1.807) is 0 Å². The average Bonchev–Trinajstić information content (AvgIpc) is 2.49. The van der Waals surface area contributed by atoms with E-state index in [-0.39, 0.29) is 5.28 Å². The summed E-state index contributed by atoms with van der Waals surface area (Å²) in [6.45, 7) is 3.79. The average molecular weight is 259 g/mol. The zero-order chi connectivity index (χ0) is 10.8. The number of hydrogen-bond acceptors (Lipinski definition) is 6. The molecule has 7 heteroatoms. The predicted molar refractivity (Wildman–Crippen MR) is 60.5 cm³/mol. The maximum absolute atomic E-state index is 5.75. The summed E-state index contributed by atoms with van der Waals surface area (Å²) in [5, 5.41) is 9.92. The van der Waals surface area contributed by atoms with Gasteiger partial charge in [-0.1, -0.05) is 11.3 Å². The van der Waals surface area contributed by atoms with Crippen LogP contribution in [-0.2, 0) is 0 Å². The zero-order valence-electron chi connectivity index (χ0n) is 8.06. The van der Waals surface area contributed by atoms with Gasteiger partial charge in [0, 0.05) is 5.69 Å². The first-order valence-corrected chi connectivity index (χ1v) is 6.14. The van der Waals surface area contributed by atoms with E-state index in [9.17, 15) is 0 Å². The van der Waals surface area contributed by atoms with E-state index in [0.29, 0.717) is 0 Å². The molecule has 15 heavy (non-hydrogen) atoms. The van der Waals surface area contributed by atoms with Gasteiger partial charge in [-0.25, -0.2) is 9.97 Å². The molecule has 0 aromatic carbocycles. The maximum atomic E-state index is 5.75. The lowest BCUT2D eigenvalue weighted by molar-refractivity contribution is 0.972. The van der Waals surface area contributed by atoms with Crippen LogP contribution in [0, 0.1) is 13.8 Å². The lowest BCUT2D eigenvalue weighted by Gasteiger charge is -1.98. The van der Waals surface area contributed by atoms with Gasteiger partial charge in [0.05, 0.1) is 0 Å². The van der Waals surface area contributed by atoms with Crippen LogP contribution in [-0.4, -0.2) is 20.2 Å². The summed E-state index contributed by atoms with van der Waals surface area (Å²) >= 11 is 8.73. The molecule has 0 saturated heterocycles. The third-order valence-corrected chi connectivity index (χ3v) is 3.48. The van der Waals surface area contributed by atoms with Crippen LogP contribution in [0.3, 0.4) is 0 Å². The third-order valence-electron chi connectivity index (χ3n) is 1.50. The molecule has 2 heterocycles. The molecule has 0 bridgehead atoms. The predicted octanol–water partition coefficient (Wildman–Crippen LogP) is 2.75. The van der Waals surface area contributed by atoms with Crippen LogP contribution in [0.4, 0.5) is 0 Å². The Balaban J connectivity index is 2.24. The summed E-state index contributed by atoms with van der Waals surface area (Å²) in [4.78, 5) is 8.08. The number of rotatable bonds is 2. The molecule has 0 aliphatic rings. The highest BCUT2D eigenvalue weighted by molar-refractivity contribution is 8.01. The molecular formula is C8H7ClN4S2. The zero-order valence-corrected chi connectivity index (χ0v) is 10.4. The van der Waals surface area contributed by atoms with E-state index in [4.69, 9.17) is 11.6 Å². The molecule has 2 aromatic rings. The Morgan fingerprint density at radius 1 is 1.27 bits per heavy atom. The number of hydrogen-bond donors (Lipinski definition) is 0. The van der Waals surface area contributed by atoms with Crippen molar-refractivity contribution in [2.24, 2.45) is 0 Å². The molecule has 2 aromatic heterocycles. The monoisotopic (exact) mass is 258 g/mol. The van der Waals surface area contributed by atoms with Crippen LogP contribution in [0.1, 0.15) is 10.7 Å². The van der Waals surface area contributed by atoms with Crippen molar-refractivity contribution in [2.45, 2.75) is 23.2 Å². The molecule has 0 atom stereocenters. The standard InChI is InChI=1S/C8H7ClN4S2/c1-4-3-6(11-7(9)10-4)15-8-13-12-5(2)14-8/h3H,1-2H3. The quantitative estimate of drug-likeness (QED) is 0.612. The minimum absolute atomic E-state index is 0.263. The van der Waals surface area contributed by atoms with Crippen molar-refractivity contribution in [3.63, 3.8) is 0 Å². The van der Waals surface area contributed by atoms with Crippen molar-refractivity contribution in [3.05, 3.63) is 22.1 Å². The minimum atomic E-state index is 0.263. The van der Waals surface area contributed by atoms with Gasteiger partial charge in [-0.05, 0) is 43.3 Å². The molecule has 0 aliphatic carbocycles. The fourth-order valence-electron chi connectivity index (χ4n) is 0.966. The van der Waals surface area contributed by atoms with E-state index >= 15 is 0 Å². The van der Waals surface area contributed by atoms with E-state index in [1.165, 1.54) is 23.1 Å². The highest BCUT2D eigenvalue weighted by atomic mass is 35.5. The van der Waals surface area contributed by atoms with E-state index < -0.39 is 0 Å². The van der Waals surface area contributed by atoms with Crippen molar-refractivity contribution >= 4 is 34.7 Å². The Morgan fingerprint density at radius 3 is 2.67 bits per heavy atom. The normalized spacial score (nSPS) is 10.6. The molecule has 2 rings (SSSR count). The summed E-state index contributed by atoms with van der Waals surface area (Å²) in [5.41, 5.74) is 0.846. The Morgan fingerprint density at radius 2 is 2.07 bits per heavy atom. The van der Waals surface area contributed by atoms with Crippen LogP contribution in [0.25, 0.3) is 0 Å². The van der Waals surface area contributed by atoms with E-state index in [1.807, 2.05) is 19.9 Å². The lowest BCUT2D eigenvalue weighted by Crippen LogP contribution is -1.88. The second-order valence-corrected chi connectivity index (χ2v) is 5.59. The molecule has 0 fully saturated rings.